The molecule has 4 rings (SSSR count). The maximum Gasteiger partial charge on any atom is 0.332 e. The zero-order valence-electron chi connectivity index (χ0n) is 16.3. The minimum atomic E-state index is -0.460. The molecule has 0 aliphatic carbocycles. The van der Waals surface area contributed by atoms with Gasteiger partial charge in [0.2, 0.25) is 0 Å². The van der Waals surface area contributed by atoms with Gasteiger partial charge in [-0.2, -0.15) is 4.98 Å². The lowest BCUT2D eigenvalue weighted by Gasteiger charge is -2.09. The largest absolute Gasteiger partial charge is 0.460 e. The van der Waals surface area contributed by atoms with Crippen LogP contribution in [0.2, 0.25) is 10.0 Å². The van der Waals surface area contributed by atoms with E-state index in [0.717, 1.165) is 11.1 Å². The second-order valence-electron chi connectivity index (χ2n) is 6.87. The van der Waals surface area contributed by atoms with Gasteiger partial charge in [0.1, 0.15) is 6.61 Å². The van der Waals surface area contributed by atoms with Crippen LogP contribution in [0, 0.1) is 0 Å². The summed E-state index contributed by atoms with van der Waals surface area (Å²) in [4.78, 5) is 30.3. The molecule has 0 atom stereocenters. The van der Waals surface area contributed by atoms with Gasteiger partial charge in [-0.3, -0.25) is 18.5 Å². The number of halogens is 2. The Morgan fingerprint density at radius 3 is 2.37 bits per heavy atom. The van der Waals surface area contributed by atoms with Crippen LogP contribution < -0.4 is 16.0 Å². The van der Waals surface area contributed by atoms with E-state index in [-0.39, 0.29) is 30.3 Å². The third kappa shape index (κ3) is 3.62. The van der Waals surface area contributed by atoms with Gasteiger partial charge in [0.05, 0.1) is 6.54 Å². The minimum absolute atomic E-state index is 0.125. The van der Waals surface area contributed by atoms with E-state index in [1.807, 2.05) is 18.2 Å². The Hall–Kier alpha value is -3.03. The molecule has 2 aromatic heterocycles. The third-order valence-electron chi connectivity index (χ3n) is 4.89. The number of hydrogen-bond acceptors (Lipinski definition) is 4. The summed E-state index contributed by atoms with van der Waals surface area (Å²) in [5.74, 6) is 0. The van der Waals surface area contributed by atoms with E-state index in [9.17, 15) is 9.59 Å². The normalized spacial score (nSPS) is 11.2. The summed E-state index contributed by atoms with van der Waals surface area (Å²) in [5, 5.41) is 1.16. The van der Waals surface area contributed by atoms with Crippen LogP contribution in [-0.4, -0.2) is 18.7 Å². The van der Waals surface area contributed by atoms with Crippen molar-refractivity contribution in [2.24, 2.45) is 14.1 Å². The molecule has 0 saturated heterocycles. The van der Waals surface area contributed by atoms with Crippen LogP contribution in [-0.2, 0) is 27.2 Å². The third-order valence-corrected chi connectivity index (χ3v) is 5.51. The standard InChI is InChI=1S/C21H18Cl2N4O3/c1-25-17-18(24-20(25)30-12-14-5-3-4-6-16(14)23)26(2)21(29)27(19(17)28)11-13-7-9-15(22)10-8-13/h3-10H,11-12H2,1-2H3. The van der Waals surface area contributed by atoms with E-state index >= 15 is 0 Å². The van der Waals surface area contributed by atoms with Crippen LogP contribution in [0.1, 0.15) is 11.1 Å². The number of rotatable bonds is 5. The highest BCUT2D eigenvalue weighted by Gasteiger charge is 2.19. The van der Waals surface area contributed by atoms with Gasteiger partial charge in [-0.25, -0.2) is 4.79 Å². The fraction of sp³-hybridized carbons (Fsp3) is 0.190. The number of benzene rings is 2. The Morgan fingerprint density at radius 2 is 1.67 bits per heavy atom. The van der Waals surface area contributed by atoms with Crippen LogP contribution in [0.3, 0.4) is 0 Å². The van der Waals surface area contributed by atoms with Crippen molar-refractivity contribution in [1.29, 1.82) is 0 Å². The Kier molecular flexibility index (Phi) is 5.40. The Morgan fingerprint density at radius 1 is 0.967 bits per heavy atom. The summed E-state index contributed by atoms with van der Waals surface area (Å²) < 4.78 is 9.86. The van der Waals surface area contributed by atoms with Crippen molar-refractivity contribution in [1.82, 2.24) is 18.7 Å². The van der Waals surface area contributed by atoms with Crippen molar-refractivity contribution in [2.75, 3.05) is 0 Å². The number of imidazole rings is 1. The lowest BCUT2D eigenvalue weighted by molar-refractivity contribution is 0.273. The molecule has 154 valence electrons. The molecule has 30 heavy (non-hydrogen) atoms. The lowest BCUT2D eigenvalue weighted by atomic mass is 10.2. The maximum absolute atomic E-state index is 13.1. The van der Waals surface area contributed by atoms with E-state index in [0.29, 0.717) is 10.0 Å². The summed E-state index contributed by atoms with van der Waals surface area (Å²) in [7, 11) is 3.25. The monoisotopic (exact) mass is 444 g/mol. The van der Waals surface area contributed by atoms with Gasteiger partial charge in [-0.05, 0) is 23.8 Å². The van der Waals surface area contributed by atoms with Gasteiger partial charge in [0.25, 0.3) is 11.6 Å². The molecule has 0 fully saturated rings. The number of aromatic nitrogens is 4. The van der Waals surface area contributed by atoms with Crippen LogP contribution in [0.4, 0.5) is 0 Å². The van der Waals surface area contributed by atoms with Crippen molar-refractivity contribution < 1.29 is 4.74 Å². The van der Waals surface area contributed by atoms with Gasteiger partial charge in [0.15, 0.2) is 11.2 Å². The highest BCUT2D eigenvalue weighted by atomic mass is 35.5. The Balaban J connectivity index is 1.75. The SMILES string of the molecule is Cn1c(OCc2ccccc2Cl)nc2c1c(=O)n(Cc1ccc(Cl)cc1)c(=O)n2C. The number of aryl methyl sites for hydroxylation is 2. The topological polar surface area (TPSA) is 71.1 Å². The van der Waals surface area contributed by atoms with Crippen LogP contribution in [0.5, 0.6) is 6.01 Å². The summed E-state index contributed by atoms with van der Waals surface area (Å²) >= 11 is 12.1. The molecule has 0 unspecified atom stereocenters. The quantitative estimate of drug-likeness (QED) is 0.473. The molecule has 2 heterocycles. The average Bonchev–Trinajstić information content (AvgIpc) is 3.07. The predicted octanol–water partition coefficient (Wildman–Crippen LogP) is 3.37. The second kappa shape index (κ2) is 8.01. The van der Waals surface area contributed by atoms with Gasteiger partial charge >= 0.3 is 5.69 Å². The van der Waals surface area contributed by atoms with Gasteiger partial charge in [-0.15, -0.1) is 0 Å². The smallest absolute Gasteiger partial charge is 0.332 e. The van der Waals surface area contributed by atoms with E-state index in [1.54, 1.807) is 49.0 Å². The number of nitrogens with zero attached hydrogens (tertiary/aromatic N) is 4. The van der Waals surface area contributed by atoms with E-state index in [2.05, 4.69) is 4.98 Å². The first-order chi connectivity index (χ1) is 14.4. The first kappa shape index (κ1) is 20.3. The van der Waals surface area contributed by atoms with Gasteiger partial charge < -0.3 is 4.74 Å². The fourth-order valence-corrected chi connectivity index (χ4v) is 3.54. The van der Waals surface area contributed by atoms with Crippen molar-refractivity contribution in [3.63, 3.8) is 0 Å². The number of fused-ring (bicyclic) bond motifs is 1. The molecule has 0 spiro atoms. The zero-order valence-corrected chi connectivity index (χ0v) is 17.8. The van der Waals surface area contributed by atoms with Crippen molar-refractivity contribution in [3.05, 3.63) is 90.5 Å². The molecule has 7 nitrogen and oxygen atoms in total. The molecule has 0 radical (unpaired) electrons. The van der Waals surface area contributed by atoms with E-state index < -0.39 is 11.2 Å². The van der Waals surface area contributed by atoms with Crippen molar-refractivity contribution in [3.8, 4) is 6.01 Å². The number of ether oxygens (including phenoxy) is 1. The minimum Gasteiger partial charge on any atom is -0.460 e. The molecule has 0 amide bonds. The van der Waals surface area contributed by atoms with Gasteiger partial charge in [0, 0.05) is 29.7 Å². The maximum atomic E-state index is 13.1. The highest BCUT2D eigenvalue weighted by Crippen LogP contribution is 2.20. The van der Waals surface area contributed by atoms with Crippen molar-refractivity contribution >= 4 is 34.4 Å². The zero-order chi connectivity index (χ0) is 21.4. The second-order valence-corrected chi connectivity index (χ2v) is 7.71. The summed E-state index contributed by atoms with van der Waals surface area (Å²) in [6.45, 7) is 0.309. The summed E-state index contributed by atoms with van der Waals surface area (Å²) in [6, 6.07) is 14.5. The van der Waals surface area contributed by atoms with E-state index in [4.69, 9.17) is 27.9 Å². The van der Waals surface area contributed by atoms with Crippen molar-refractivity contribution in [2.45, 2.75) is 13.2 Å². The van der Waals surface area contributed by atoms with Crippen LogP contribution >= 0.6 is 23.2 Å². The van der Waals surface area contributed by atoms with Crippen LogP contribution in [0.25, 0.3) is 11.2 Å². The Bertz CT molecular complexity index is 1350. The molecule has 0 bridgehead atoms. The van der Waals surface area contributed by atoms with Crippen LogP contribution in [0.15, 0.2) is 58.1 Å². The highest BCUT2D eigenvalue weighted by molar-refractivity contribution is 6.31. The first-order valence-electron chi connectivity index (χ1n) is 9.13. The molecular weight excluding hydrogens is 427 g/mol. The molecule has 9 heteroatoms. The number of hydrogen-bond donors (Lipinski definition) is 0. The van der Waals surface area contributed by atoms with Gasteiger partial charge in [-0.1, -0.05) is 53.5 Å². The molecule has 0 aliphatic heterocycles. The summed E-state index contributed by atoms with van der Waals surface area (Å²) in [6.07, 6.45) is 0. The molecule has 0 N–H and O–H groups in total. The average molecular weight is 445 g/mol. The molecule has 4 aromatic rings. The molecular formula is C21H18Cl2N4O3. The fourth-order valence-electron chi connectivity index (χ4n) is 3.22. The Labute approximate surface area is 181 Å². The molecule has 2 aromatic carbocycles. The lowest BCUT2D eigenvalue weighted by Crippen LogP contribution is -2.39. The molecule has 0 saturated carbocycles. The summed E-state index contributed by atoms with van der Waals surface area (Å²) in [5.41, 5.74) is 1.22. The first-order valence-corrected chi connectivity index (χ1v) is 9.89. The van der Waals surface area contributed by atoms with E-state index in [1.165, 1.54) is 9.13 Å². The predicted molar refractivity (Wildman–Crippen MR) is 117 cm³/mol. The molecule has 0 aliphatic rings.